The van der Waals surface area contributed by atoms with Gasteiger partial charge in [0.05, 0.1) is 12.5 Å². The SMILES string of the molecule is N#CCCNC(=O)c1ccc(OC(F)F)cc1. The van der Waals surface area contributed by atoms with E-state index in [-0.39, 0.29) is 24.6 Å². The van der Waals surface area contributed by atoms with Gasteiger partial charge < -0.3 is 10.1 Å². The number of halogens is 2. The van der Waals surface area contributed by atoms with Crippen LogP contribution in [0, 0.1) is 11.3 Å². The molecule has 0 spiro atoms. The summed E-state index contributed by atoms with van der Waals surface area (Å²) in [5, 5.41) is 10.8. The molecule has 0 aromatic heterocycles. The number of hydrogen-bond donors (Lipinski definition) is 1. The lowest BCUT2D eigenvalue weighted by molar-refractivity contribution is -0.0498. The minimum atomic E-state index is -2.88. The van der Waals surface area contributed by atoms with Gasteiger partial charge in [0.2, 0.25) is 0 Å². The molecule has 17 heavy (non-hydrogen) atoms. The van der Waals surface area contributed by atoms with Crippen LogP contribution in [0.25, 0.3) is 0 Å². The van der Waals surface area contributed by atoms with Crippen molar-refractivity contribution in [1.82, 2.24) is 5.32 Å². The Morgan fingerprint density at radius 2 is 2.06 bits per heavy atom. The van der Waals surface area contributed by atoms with Crippen molar-refractivity contribution in [3.05, 3.63) is 29.8 Å². The van der Waals surface area contributed by atoms with Crippen LogP contribution >= 0.6 is 0 Å². The van der Waals surface area contributed by atoms with Crippen LogP contribution in [-0.4, -0.2) is 19.1 Å². The van der Waals surface area contributed by atoms with Gasteiger partial charge in [0.25, 0.3) is 5.91 Å². The van der Waals surface area contributed by atoms with E-state index in [4.69, 9.17) is 5.26 Å². The first-order valence-corrected chi connectivity index (χ1v) is 4.83. The summed E-state index contributed by atoms with van der Waals surface area (Å²) >= 11 is 0. The first kappa shape index (κ1) is 12.9. The molecule has 0 fully saturated rings. The summed E-state index contributed by atoms with van der Waals surface area (Å²) in [6.07, 6.45) is 0.221. The summed E-state index contributed by atoms with van der Waals surface area (Å²) in [7, 11) is 0. The van der Waals surface area contributed by atoms with Gasteiger partial charge in [-0.2, -0.15) is 14.0 Å². The van der Waals surface area contributed by atoms with E-state index in [2.05, 4.69) is 10.1 Å². The van der Waals surface area contributed by atoms with Gasteiger partial charge in [-0.05, 0) is 24.3 Å². The van der Waals surface area contributed by atoms with Crippen LogP contribution in [-0.2, 0) is 0 Å². The predicted molar refractivity (Wildman–Crippen MR) is 55.6 cm³/mol. The van der Waals surface area contributed by atoms with Crippen molar-refractivity contribution in [3.8, 4) is 11.8 Å². The minimum Gasteiger partial charge on any atom is -0.435 e. The summed E-state index contributed by atoms with van der Waals surface area (Å²) in [5.74, 6) is -0.363. The summed E-state index contributed by atoms with van der Waals surface area (Å²) < 4.78 is 27.8. The van der Waals surface area contributed by atoms with Crippen molar-refractivity contribution in [2.75, 3.05) is 6.54 Å². The van der Waals surface area contributed by atoms with Crippen molar-refractivity contribution in [2.24, 2.45) is 0 Å². The van der Waals surface area contributed by atoms with E-state index in [0.29, 0.717) is 5.56 Å². The number of carbonyl (C=O) groups excluding carboxylic acids is 1. The Bertz CT molecular complexity index is 412. The van der Waals surface area contributed by atoms with Crippen LogP contribution in [0.15, 0.2) is 24.3 Å². The molecule has 0 saturated heterocycles. The van der Waals surface area contributed by atoms with Crippen LogP contribution in [0.4, 0.5) is 8.78 Å². The Balaban J connectivity index is 2.55. The highest BCUT2D eigenvalue weighted by Gasteiger charge is 2.07. The van der Waals surface area contributed by atoms with Gasteiger partial charge in [-0.15, -0.1) is 0 Å². The Morgan fingerprint density at radius 1 is 1.41 bits per heavy atom. The average molecular weight is 240 g/mol. The fraction of sp³-hybridized carbons (Fsp3) is 0.273. The molecule has 4 nitrogen and oxygen atoms in total. The molecule has 90 valence electrons. The second-order valence-corrected chi connectivity index (χ2v) is 3.07. The Hall–Kier alpha value is -2.16. The number of amides is 1. The molecule has 1 aromatic rings. The van der Waals surface area contributed by atoms with Crippen LogP contribution in [0.5, 0.6) is 5.75 Å². The molecule has 0 atom stereocenters. The van der Waals surface area contributed by atoms with Gasteiger partial charge in [0.15, 0.2) is 0 Å². The van der Waals surface area contributed by atoms with E-state index in [9.17, 15) is 13.6 Å². The maximum atomic E-state index is 11.9. The molecule has 0 aliphatic carbocycles. The minimum absolute atomic E-state index is 0.00595. The van der Waals surface area contributed by atoms with Gasteiger partial charge >= 0.3 is 6.61 Å². The molecule has 0 bridgehead atoms. The highest BCUT2D eigenvalue weighted by Crippen LogP contribution is 2.14. The number of benzene rings is 1. The number of alkyl halides is 2. The molecule has 6 heteroatoms. The molecule has 0 heterocycles. The van der Waals surface area contributed by atoms with Crippen molar-refractivity contribution in [1.29, 1.82) is 5.26 Å². The predicted octanol–water partition coefficient (Wildman–Crippen LogP) is 1.93. The lowest BCUT2D eigenvalue weighted by Gasteiger charge is -2.06. The molecule has 0 radical (unpaired) electrons. The molecule has 0 unspecified atom stereocenters. The average Bonchev–Trinajstić information content (AvgIpc) is 2.29. The number of nitrogens with one attached hydrogen (secondary N) is 1. The zero-order valence-electron chi connectivity index (χ0n) is 8.82. The number of carbonyl (C=O) groups is 1. The van der Waals surface area contributed by atoms with Crippen LogP contribution < -0.4 is 10.1 Å². The van der Waals surface area contributed by atoms with E-state index in [0.717, 1.165) is 0 Å². The van der Waals surface area contributed by atoms with Gasteiger partial charge in [-0.1, -0.05) is 0 Å². The maximum Gasteiger partial charge on any atom is 0.387 e. The van der Waals surface area contributed by atoms with Crippen molar-refractivity contribution >= 4 is 5.91 Å². The van der Waals surface area contributed by atoms with E-state index < -0.39 is 6.61 Å². The summed E-state index contributed by atoms with van der Waals surface area (Å²) in [5.41, 5.74) is 0.324. The number of rotatable bonds is 5. The first-order chi connectivity index (χ1) is 8.13. The largest absolute Gasteiger partial charge is 0.435 e. The highest BCUT2D eigenvalue weighted by atomic mass is 19.3. The molecule has 0 aliphatic heterocycles. The zero-order valence-corrected chi connectivity index (χ0v) is 8.82. The first-order valence-electron chi connectivity index (χ1n) is 4.83. The number of ether oxygens (including phenoxy) is 1. The Kier molecular flexibility index (Phi) is 4.88. The quantitative estimate of drug-likeness (QED) is 0.800. The second kappa shape index (κ2) is 6.43. The summed E-state index contributed by atoms with van der Waals surface area (Å²) in [4.78, 5) is 11.4. The zero-order chi connectivity index (χ0) is 12.7. The fourth-order valence-corrected chi connectivity index (χ4v) is 1.12. The molecule has 1 N–H and O–H groups in total. The lowest BCUT2D eigenvalue weighted by atomic mass is 10.2. The number of nitriles is 1. The van der Waals surface area contributed by atoms with E-state index in [1.165, 1.54) is 24.3 Å². The molecule has 0 saturated carbocycles. The molecule has 1 aromatic carbocycles. The van der Waals surface area contributed by atoms with Gasteiger partial charge in [0, 0.05) is 12.1 Å². The molecule has 1 rings (SSSR count). The Labute approximate surface area is 96.8 Å². The third-order valence-electron chi connectivity index (χ3n) is 1.86. The van der Waals surface area contributed by atoms with Crippen molar-refractivity contribution in [3.63, 3.8) is 0 Å². The van der Waals surface area contributed by atoms with E-state index >= 15 is 0 Å². The Morgan fingerprint density at radius 3 is 2.59 bits per heavy atom. The number of hydrogen-bond acceptors (Lipinski definition) is 3. The highest BCUT2D eigenvalue weighted by molar-refractivity contribution is 5.94. The number of nitrogens with zero attached hydrogens (tertiary/aromatic N) is 1. The fourth-order valence-electron chi connectivity index (χ4n) is 1.12. The van der Waals surface area contributed by atoms with Crippen LogP contribution in [0.1, 0.15) is 16.8 Å². The second-order valence-electron chi connectivity index (χ2n) is 3.07. The smallest absolute Gasteiger partial charge is 0.387 e. The van der Waals surface area contributed by atoms with Crippen molar-refractivity contribution in [2.45, 2.75) is 13.0 Å². The summed E-state index contributed by atoms with van der Waals surface area (Å²) in [6.45, 7) is -2.63. The lowest BCUT2D eigenvalue weighted by Crippen LogP contribution is -2.24. The monoisotopic (exact) mass is 240 g/mol. The van der Waals surface area contributed by atoms with Crippen molar-refractivity contribution < 1.29 is 18.3 Å². The van der Waals surface area contributed by atoms with Crippen LogP contribution in [0.2, 0.25) is 0 Å². The molecular formula is C11H10F2N2O2. The maximum absolute atomic E-state index is 11.9. The third-order valence-corrected chi connectivity index (χ3v) is 1.86. The normalized spacial score (nSPS) is 9.76. The van der Waals surface area contributed by atoms with Gasteiger partial charge in [0.1, 0.15) is 5.75 Å². The third kappa shape index (κ3) is 4.47. The molecular weight excluding hydrogens is 230 g/mol. The summed E-state index contributed by atoms with van der Waals surface area (Å²) in [6, 6.07) is 7.20. The molecule has 1 amide bonds. The van der Waals surface area contributed by atoms with Gasteiger partial charge in [-0.3, -0.25) is 4.79 Å². The topological polar surface area (TPSA) is 62.1 Å². The standard InChI is InChI=1S/C11H10F2N2O2/c12-11(13)17-9-4-2-8(3-5-9)10(16)15-7-1-6-14/h2-5,11H,1,7H2,(H,15,16). The van der Waals surface area contributed by atoms with Gasteiger partial charge in [-0.25, -0.2) is 0 Å². The van der Waals surface area contributed by atoms with E-state index in [1.807, 2.05) is 6.07 Å². The van der Waals surface area contributed by atoms with E-state index in [1.54, 1.807) is 0 Å². The molecule has 0 aliphatic rings. The van der Waals surface area contributed by atoms with Crippen LogP contribution in [0.3, 0.4) is 0 Å².